The van der Waals surface area contributed by atoms with Crippen LogP contribution in [0.5, 0.6) is 0 Å². The summed E-state index contributed by atoms with van der Waals surface area (Å²) >= 11 is 0. The smallest absolute Gasteiger partial charge is 0.239 e. The molecule has 0 spiro atoms. The highest BCUT2D eigenvalue weighted by Gasteiger charge is 2.11. The van der Waals surface area contributed by atoms with Crippen molar-refractivity contribution in [1.29, 1.82) is 0 Å². The lowest BCUT2D eigenvalue weighted by Crippen LogP contribution is -2.33. The second-order valence-electron chi connectivity index (χ2n) is 3.34. The Bertz CT molecular complexity index is 259. The lowest BCUT2D eigenvalue weighted by atomic mass is 10.3. The maximum Gasteiger partial charge on any atom is 0.239 e. The number of hydrogen-bond donors (Lipinski definition) is 2. The number of carbonyl (C=O) groups is 2. The van der Waals surface area contributed by atoms with Crippen molar-refractivity contribution in [1.82, 2.24) is 10.6 Å². The van der Waals surface area contributed by atoms with Crippen LogP contribution in [-0.4, -0.2) is 24.8 Å². The molecule has 1 rings (SSSR count). The molecule has 0 fully saturated rings. The summed E-state index contributed by atoms with van der Waals surface area (Å²) in [7, 11) is 0. The Balaban J connectivity index is 2.17. The van der Waals surface area contributed by atoms with Gasteiger partial charge in [0.25, 0.3) is 0 Å². The van der Waals surface area contributed by atoms with Crippen LogP contribution in [0.2, 0.25) is 0 Å². The Morgan fingerprint density at radius 1 is 1.50 bits per heavy atom. The van der Waals surface area contributed by atoms with Crippen LogP contribution in [0.15, 0.2) is 11.8 Å². The topological polar surface area (TPSA) is 58.2 Å². The quantitative estimate of drug-likeness (QED) is 0.667. The van der Waals surface area contributed by atoms with Crippen LogP contribution in [0, 0.1) is 0 Å². The Kier molecular flexibility index (Phi) is 4.16. The maximum atomic E-state index is 11.2. The molecule has 0 bridgehead atoms. The van der Waals surface area contributed by atoms with Crippen LogP contribution in [0.3, 0.4) is 0 Å². The van der Waals surface area contributed by atoms with Gasteiger partial charge in [-0.15, -0.1) is 0 Å². The fourth-order valence-electron chi connectivity index (χ4n) is 1.26. The summed E-state index contributed by atoms with van der Waals surface area (Å²) in [5, 5.41) is 5.70. The molecular formula is C10H16N2O2. The average Bonchev–Trinajstić information content (AvgIpc) is 2.58. The molecule has 0 aromatic heterocycles. The Hall–Kier alpha value is -1.32. The molecule has 0 unspecified atom stereocenters. The molecule has 2 N–H and O–H groups in total. The molecule has 1 aliphatic carbocycles. The third-order valence-electron chi connectivity index (χ3n) is 2.02. The molecule has 0 radical (unpaired) electrons. The Morgan fingerprint density at radius 3 is 2.86 bits per heavy atom. The summed E-state index contributed by atoms with van der Waals surface area (Å²) in [6, 6.07) is 0. The molecule has 14 heavy (non-hydrogen) atoms. The average molecular weight is 196 g/mol. The molecule has 4 nitrogen and oxygen atoms in total. The van der Waals surface area contributed by atoms with E-state index in [1.54, 1.807) is 6.08 Å². The van der Waals surface area contributed by atoms with Crippen molar-refractivity contribution in [3.63, 3.8) is 0 Å². The van der Waals surface area contributed by atoms with Gasteiger partial charge in [-0.2, -0.15) is 0 Å². The Morgan fingerprint density at radius 2 is 2.29 bits per heavy atom. The first kappa shape index (κ1) is 10.8. The molecule has 0 saturated carbocycles. The summed E-state index contributed by atoms with van der Waals surface area (Å²) in [6.45, 7) is 2.98. The van der Waals surface area contributed by atoms with Crippen LogP contribution in [0.25, 0.3) is 0 Å². The zero-order chi connectivity index (χ0) is 10.4. The molecule has 0 atom stereocenters. The minimum absolute atomic E-state index is 0.0212. The van der Waals surface area contributed by atoms with E-state index in [1.165, 1.54) is 0 Å². The van der Waals surface area contributed by atoms with Crippen LogP contribution in [-0.2, 0) is 9.59 Å². The summed E-state index contributed by atoms with van der Waals surface area (Å²) in [5.41, 5.74) is 0.877. The predicted molar refractivity (Wildman–Crippen MR) is 53.6 cm³/mol. The van der Waals surface area contributed by atoms with Crippen LogP contribution < -0.4 is 10.6 Å². The Labute approximate surface area is 83.8 Å². The van der Waals surface area contributed by atoms with E-state index in [2.05, 4.69) is 10.6 Å². The molecule has 0 heterocycles. The van der Waals surface area contributed by atoms with Gasteiger partial charge in [0.1, 0.15) is 0 Å². The molecule has 0 saturated heterocycles. The summed E-state index contributed by atoms with van der Waals surface area (Å²) in [5.74, 6) is 0.119. The first-order valence-corrected chi connectivity index (χ1v) is 4.96. The highest BCUT2D eigenvalue weighted by atomic mass is 16.2. The monoisotopic (exact) mass is 196 g/mol. The number of ketones is 1. The second-order valence-corrected chi connectivity index (χ2v) is 3.34. The van der Waals surface area contributed by atoms with E-state index in [0.29, 0.717) is 13.0 Å². The van der Waals surface area contributed by atoms with E-state index in [4.69, 9.17) is 0 Å². The number of carbonyl (C=O) groups excluding carboxylic acids is 2. The van der Waals surface area contributed by atoms with Gasteiger partial charge >= 0.3 is 0 Å². The third kappa shape index (κ3) is 3.60. The van der Waals surface area contributed by atoms with E-state index >= 15 is 0 Å². The number of hydrogen-bond acceptors (Lipinski definition) is 3. The molecular weight excluding hydrogens is 180 g/mol. The van der Waals surface area contributed by atoms with Gasteiger partial charge in [-0.05, 0) is 12.8 Å². The first-order chi connectivity index (χ1) is 6.72. The van der Waals surface area contributed by atoms with Crippen molar-refractivity contribution < 1.29 is 9.59 Å². The van der Waals surface area contributed by atoms with Gasteiger partial charge in [0.15, 0.2) is 5.78 Å². The maximum absolute atomic E-state index is 11.2. The fourth-order valence-corrected chi connectivity index (χ4v) is 1.26. The fraction of sp³-hybridized carbons (Fsp3) is 0.600. The summed E-state index contributed by atoms with van der Waals surface area (Å²) < 4.78 is 0. The number of rotatable bonds is 5. The van der Waals surface area contributed by atoms with Gasteiger partial charge < -0.3 is 10.6 Å². The van der Waals surface area contributed by atoms with Crippen molar-refractivity contribution in [2.45, 2.75) is 26.2 Å². The van der Waals surface area contributed by atoms with Gasteiger partial charge in [0.2, 0.25) is 5.91 Å². The van der Waals surface area contributed by atoms with Gasteiger partial charge in [-0.25, -0.2) is 0 Å². The largest absolute Gasteiger partial charge is 0.379 e. The van der Waals surface area contributed by atoms with Crippen molar-refractivity contribution in [2.24, 2.45) is 0 Å². The van der Waals surface area contributed by atoms with E-state index in [1.807, 2.05) is 6.92 Å². The lowest BCUT2D eigenvalue weighted by Gasteiger charge is -2.06. The first-order valence-electron chi connectivity index (χ1n) is 4.96. The van der Waals surface area contributed by atoms with Gasteiger partial charge in [0.05, 0.1) is 6.54 Å². The van der Waals surface area contributed by atoms with E-state index < -0.39 is 0 Å². The standard InChI is InChI=1S/C10H16N2O2/c1-2-5-11-10(14)7-12-8-3-4-9(13)6-8/h6,12H,2-5,7H2,1H3,(H,11,14). The van der Waals surface area contributed by atoms with Crippen molar-refractivity contribution in [3.05, 3.63) is 11.8 Å². The van der Waals surface area contributed by atoms with E-state index in [-0.39, 0.29) is 18.2 Å². The zero-order valence-electron chi connectivity index (χ0n) is 8.43. The molecule has 1 amide bonds. The van der Waals surface area contributed by atoms with Gasteiger partial charge in [-0.1, -0.05) is 6.92 Å². The SMILES string of the molecule is CCCNC(=O)CNC1=CC(=O)CC1. The molecule has 0 aromatic rings. The molecule has 0 aliphatic heterocycles. The van der Waals surface area contributed by atoms with Crippen molar-refractivity contribution >= 4 is 11.7 Å². The van der Waals surface area contributed by atoms with Crippen molar-refractivity contribution in [3.8, 4) is 0 Å². The number of amides is 1. The molecule has 1 aliphatic rings. The predicted octanol–water partition coefficient (Wildman–Crippen LogP) is 0.349. The van der Waals surface area contributed by atoms with Crippen LogP contribution >= 0.6 is 0 Å². The molecule has 4 heteroatoms. The van der Waals surface area contributed by atoms with Crippen LogP contribution in [0.4, 0.5) is 0 Å². The van der Waals surface area contributed by atoms with E-state index in [0.717, 1.165) is 18.5 Å². The highest BCUT2D eigenvalue weighted by molar-refractivity contribution is 5.93. The normalized spacial score (nSPS) is 15.2. The zero-order valence-corrected chi connectivity index (χ0v) is 8.43. The highest BCUT2D eigenvalue weighted by Crippen LogP contribution is 2.10. The van der Waals surface area contributed by atoms with E-state index in [9.17, 15) is 9.59 Å². The lowest BCUT2D eigenvalue weighted by molar-refractivity contribution is -0.120. The molecule has 0 aromatic carbocycles. The number of allylic oxidation sites excluding steroid dienone is 2. The third-order valence-corrected chi connectivity index (χ3v) is 2.02. The van der Waals surface area contributed by atoms with Gasteiger partial charge in [-0.3, -0.25) is 9.59 Å². The minimum Gasteiger partial charge on any atom is -0.379 e. The van der Waals surface area contributed by atoms with Gasteiger partial charge in [0, 0.05) is 24.7 Å². The molecule has 78 valence electrons. The second kappa shape index (κ2) is 5.42. The minimum atomic E-state index is -0.0212. The van der Waals surface area contributed by atoms with Crippen LogP contribution in [0.1, 0.15) is 26.2 Å². The summed E-state index contributed by atoms with van der Waals surface area (Å²) in [6.07, 6.45) is 3.82. The summed E-state index contributed by atoms with van der Waals surface area (Å²) in [4.78, 5) is 22.0. The number of nitrogens with one attached hydrogen (secondary N) is 2. The van der Waals surface area contributed by atoms with Crippen molar-refractivity contribution in [2.75, 3.05) is 13.1 Å².